The molecule has 3 amide bonds. The SMILES string of the molecule is Cc1cc(C)cc(NC(=O)[C@@H]2[C@@H]3C=C[C@]4(O3)[C@@H]2C(=O)N(CCN(C)Cc2ccccc2)[C@H]4C(=O)N[C@@H]2CCC[C@H](C)[C@H]2C)c1. The van der Waals surface area contributed by atoms with E-state index in [1.807, 2.05) is 63.4 Å². The Morgan fingerprint density at radius 1 is 1.05 bits per heavy atom. The normalized spacial score (nSPS) is 32.3. The summed E-state index contributed by atoms with van der Waals surface area (Å²) in [7, 11) is 2.02. The van der Waals surface area contributed by atoms with Gasteiger partial charge in [0, 0.05) is 31.4 Å². The van der Waals surface area contributed by atoms with Gasteiger partial charge in [0.1, 0.15) is 11.6 Å². The summed E-state index contributed by atoms with van der Waals surface area (Å²) in [6.07, 6.45) is 6.38. The van der Waals surface area contributed by atoms with Gasteiger partial charge >= 0.3 is 0 Å². The van der Waals surface area contributed by atoms with E-state index in [9.17, 15) is 14.4 Å². The summed E-state index contributed by atoms with van der Waals surface area (Å²) in [4.78, 5) is 46.4. The van der Waals surface area contributed by atoms with Crippen LogP contribution in [0.1, 0.15) is 49.8 Å². The number of nitrogens with zero attached hydrogens (tertiary/aromatic N) is 2. The summed E-state index contributed by atoms with van der Waals surface area (Å²) in [6, 6.07) is 15.3. The molecule has 234 valence electrons. The summed E-state index contributed by atoms with van der Waals surface area (Å²) >= 11 is 0. The van der Waals surface area contributed by atoms with Crippen molar-refractivity contribution >= 4 is 23.4 Å². The first-order valence-corrected chi connectivity index (χ1v) is 16.2. The van der Waals surface area contributed by atoms with Crippen LogP contribution in [-0.2, 0) is 25.7 Å². The van der Waals surface area contributed by atoms with Crippen LogP contribution in [0.3, 0.4) is 0 Å². The average Bonchev–Trinajstić information content (AvgIpc) is 3.61. The molecule has 4 aliphatic rings. The van der Waals surface area contributed by atoms with Crippen molar-refractivity contribution in [3.05, 3.63) is 77.4 Å². The van der Waals surface area contributed by atoms with Gasteiger partial charge in [-0.1, -0.05) is 75.2 Å². The maximum atomic E-state index is 14.4. The third-order valence-corrected chi connectivity index (χ3v) is 10.5. The van der Waals surface area contributed by atoms with Crippen molar-refractivity contribution in [2.24, 2.45) is 23.7 Å². The van der Waals surface area contributed by atoms with Crippen LogP contribution in [0, 0.1) is 37.5 Å². The number of carbonyl (C=O) groups excluding carboxylic acids is 3. The van der Waals surface area contributed by atoms with Crippen LogP contribution < -0.4 is 10.6 Å². The first-order valence-electron chi connectivity index (χ1n) is 16.2. The zero-order valence-corrected chi connectivity index (χ0v) is 26.6. The molecule has 2 aromatic carbocycles. The van der Waals surface area contributed by atoms with Gasteiger partial charge in [-0.2, -0.15) is 0 Å². The largest absolute Gasteiger partial charge is 0.359 e. The van der Waals surface area contributed by atoms with E-state index in [2.05, 4.69) is 47.6 Å². The predicted molar refractivity (Wildman–Crippen MR) is 171 cm³/mol. The summed E-state index contributed by atoms with van der Waals surface area (Å²) in [5.74, 6) is -1.23. The van der Waals surface area contributed by atoms with Crippen molar-refractivity contribution in [1.29, 1.82) is 0 Å². The number of likely N-dealkylation sites (tertiary alicyclic amines) is 1. The Bertz CT molecular complexity index is 1420. The molecule has 8 nitrogen and oxygen atoms in total. The van der Waals surface area contributed by atoms with Crippen molar-refractivity contribution in [2.75, 3.05) is 25.5 Å². The molecule has 8 heteroatoms. The van der Waals surface area contributed by atoms with Gasteiger partial charge < -0.3 is 25.2 Å². The molecule has 6 rings (SSSR count). The number of fused-ring (bicyclic) bond motifs is 1. The van der Waals surface area contributed by atoms with Crippen molar-refractivity contribution in [1.82, 2.24) is 15.1 Å². The van der Waals surface area contributed by atoms with E-state index in [1.165, 1.54) is 5.56 Å². The smallest absolute Gasteiger partial charge is 0.246 e. The van der Waals surface area contributed by atoms with Gasteiger partial charge in [-0.25, -0.2) is 0 Å². The maximum absolute atomic E-state index is 14.4. The van der Waals surface area contributed by atoms with E-state index in [1.54, 1.807) is 4.90 Å². The Balaban J connectivity index is 1.27. The Hall–Kier alpha value is -3.49. The standard InChI is InChI=1S/C36H46N4O4/c1-22-18-23(2)20-27(19-22)37-33(41)30-29-14-15-36(44-29)31(30)35(43)40(17-16-39(5)21-26-11-7-6-8-12-26)32(36)34(42)38-28-13-9-10-24(3)25(28)4/h6-8,11-12,14-15,18-20,24-25,28-32H,9-10,13,16-17,21H2,1-5H3,(H,37,41)(H,38,42)/t24-,25+,28+,29-,30+,31-,32-,36-/m0/s1. The van der Waals surface area contributed by atoms with Gasteiger partial charge in [0.25, 0.3) is 0 Å². The van der Waals surface area contributed by atoms with Crippen LogP contribution in [0.5, 0.6) is 0 Å². The Morgan fingerprint density at radius 2 is 1.77 bits per heavy atom. The molecule has 0 unspecified atom stereocenters. The van der Waals surface area contributed by atoms with Gasteiger partial charge in [-0.05, 0) is 68.0 Å². The fourth-order valence-electron chi connectivity index (χ4n) is 8.08. The van der Waals surface area contributed by atoms with Gasteiger partial charge in [0.05, 0.1) is 17.9 Å². The Kier molecular flexibility index (Phi) is 8.42. The molecule has 2 aromatic rings. The monoisotopic (exact) mass is 598 g/mol. The van der Waals surface area contributed by atoms with Gasteiger partial charge in [-0.15, -0.1) is 0 Å². The third kappa shape index (κ3) is 5.58. The molecule has 2 bridgehead atoms. The number of carbonyl (C=O) groups is 3. The van der Waals surface area contributed by atoms with Gasteiger partial charge in [0.15, 0.2) is 0 Å². The number of nitrogens with one attached hydrogen (secondary N) is 2. The highest BCUT2D eigenvalue weighted by Crippen LogP contribution is 2.55. The zero-order valence-electron chi connectivity index (χ0n) is 26.6. The number of ether oxygens (including phenoxy) is 1. The molecule has 2 N–H and O–H groups in total. The summed E-state index contributed by atoms with van der Waals surface area (Å²) < 4.78 is 6.57. The molecule has 1 spiro atoms. The number of likely N-dealkylation sites (N-methyl/N-ethyl adjacent to an activating group) is 1. The van der Waals surface area contributed by atoms with E-state index in [4.69, 9.17) is 4.74 Å². The summed E-state index contributed by atoms with van der Waals surface area (Å²) in [5, 5.41) is 6.41. The lowest BCUT2D eigenvalue weighted by atomic mass is 9.73. The van der Waals surface area contributed by atoms with Crippen LogP contribution >= 0.6 is 0 Å². The fraction of sp³-hybridized carbons (Fsp3) is 0.528. The Morgan fingerprint density at radius 3 is 2.50 bits per heavy atom. The molecule has 1 aliphatic carbocycles. The first-order chi connectivity index (χ1) is 21.1. The van der Waals surface area contributed by atoms with Gasteiger partial charge in [-0.3, -0.25) is 14.4 Å². The van der Waals surface area contributed by atoms with E-state index in [0.29, 0.717) is 30.6 Å². The van der Waals surface area contributed by atoms with Crippen LogP contribution in [0.15, 0.2) is 60.7 Å². The topological polar surface area (TPSA) is 91.0 Å². The Labute approximate surface area is 261 Å². The molecular formula is C36H46N4O4. The minimum atomic E-state index is -1.17. The van der Waals surface area contributed by atoms with Gasteiger partial charge in [0.2, 0.25) is 17.7 Å². The van der Waals surface area contributed by atoms with E-state index < -0.39 is 29.6 Å². The minimum absolute atomic E-state index is 0.0469. The molecule has 3 fully saturated rings. The third-order valence-electron chi connectivity index (χ3n) is 10.5. The maximum Gasteiger partial charge on any atom is 0.246 e. The van der Waals surface area contributed by atoms with E-state index >= 15 is 0 Å². The van der Waals surface area contributed by atoms with E-state index in [0.717, 1.165) is 36.9 Å². The molecule has 2 saturated heterocycles. The first kappa shape index (κ1) is 30.5. The lowest BCUT2D eigenvalue weighted by Gasteiger charge is -2.38. The highest BCUT2D eigenvalue weighted by Gasteiger charge is 2.72. The quantitative estimate of drug-likeness (QED) is 0.416. The van der Waals surface area contributed by atoms with Crippen molar-refractivity contribution in [3.63, 3.8) is 0 Å². The second-order valence-corrected chi connectivity index (χ2v) is 13.7. The number of hydrogen-bond donors (Lipinski definition) is 2. The number of benzene rings is 2. The predicted octanol–water partition coefficient (Wildman–Crippen LogP) is 4.47. The lowest BCUT2D eigenvalue weighted by Crippen LogP contribution is -2.58. The molecule has 0 radical (unpaired) electrons. The number of hydrogen-bond acceptors (Lipinski definition) is 5. The van der Waals surface area contributed by atoms with Crippen LogP contribution in [0.25, 0.3) is 0 Å². The molecular weight excluding hydrogens is 552 g/mol. The number of rotatable bonds is 9. The second kappa shape index (κ2) is 12.1. The molecule has 3 heterocycles. The molecule has 44 heavy (non-hydrogen) atoms. The number of anilines is 1. The highest BCUT2D eigenvalue weighted by atomic mass is 16.5. The number of aryl methyl sites for hydroxylation is 2. The van der Waals surface area contributed by atoms with Crippen LogP contribution in [0.4, 0.5) is 5.69 Å². The summed E-state index contributed by atoms with van der Waals surface area (Å²) in [5.41, 5.74) is 2.81. The van der Waals surface area contributed by atoms with Crippen LogP contribution in [0.2, 0.25) is 0 Å². The molecule has 8 atom stereocenters. The molecule has 3 aliphatic heterocycles. The average molecular weight is 599 g/mol. The van der Waals surface area contributed by atoms with Crippen molar-refractivity contribution in [2.45, 2.75) is 77.3 Å². The molecule has 0 aromatic heterocycles. The second-order valence-electron chi connectivity index (χ2n) is 13.7. The minimum Gasteiger partial charge on any atom is -0.359 e. The van der Waals surface area contributed by atoms with Crippen molar-refractivity contribution < 1.29 is 19.1 Å². The van der Waals surface area contributed by atoms with Crippen molar-refractivity contribution in [3.8, 4) is 0 Å². The van der Waals surface area contributed by atoms with Crippen LogP contribution in [-0.4, -0.2) is 71.4 Å². The highest BCUT2D eigenvalue weighted by molar-refractivity contribution is 6.02. The fourth-order valence-corrected chi connectivity index (χ4v) is 8.08. The number of amides is 3. The lowest BCUT2D eigenvalue weighted by molar-refractivity contribution is -0.141. The zero-order chi connectivity index (χ0) is 31.2. The summed E-state index contributed by atoms with van der Waals surface area (Å²) in [6.45, 7) is 10.1. The molecule has 1 saturated carbocycles. The van der Waals surface area contributed by atoms with E-state index in [-0.39, 0.29) is 23.8 Å².